The lowest BCUT2D eigenvalue weighted by Crippen LogP contribution is -2.34. The van der Waals surface area contributed by atoms with E-state index in [9.17, 15) is 14.4 Å². The number of hydrogen-bond acceptors (Lipinski definition) is 3. The molecule has 0 fully saturated rings. The van der Waals surface area contributed by atoms with Gasteiger partial charge in [0.1, 0.15) is 0 Å². The number of hydrogen-bond donors (Lipinski definition) is 1. The molecule has 96 valence electrons. The van der Waals surface area contributed by atoms with Crippen molar-refractivity contribution in [1.29, 1.82) is 0 Å². The summed E-state index contributed by atoms with van der Waals surface area (Å²) in [6, 6.07) is 8.11. The van der Waals surface area contributed by atoms with E-state index in [2.05, 4.69) is 5.10 Å². The Morgan fingerprint density at radius 3 is 2.05 bits per heavy atom. The molecular formula is C13H11N3O3. The molecule has 0 saturated carbocycles. The molecule has 3 rings (SSSR count). The molecule has 2 heterocycles. The van der Waals surface area contributed by atoms with E-state index in [1.807, 2.05) is 0 Å². The minimum absolute atomic E-state index is 0.173. The number of H-pyrrole nitrogens is 1. The minimum Gasteiger partial charge on any atom is -0.303 e. The zero-order valence-electron chi connectivity index (χ0n) is 10.00. The van der Waals surface area contributed by atoms with Gasteiger partial charge in [-0.25, -0.2) is 0 Å². The molecule has 1 N–H and O–H groups in total. The highest BCUT2D eigenvalue weighted by atomic mass is 16.2. The fourth-order valence-electron chi connectivity index (χ4n) is 2.17. The number of amides is 2. The number of aromatic nitrogens is 2. The fourth-order valence-corrected chi connectivity index (χ4v) is 2.17. The van der Waals surface area contributed by atoms with Gasteiger partial charge in [-0.2, -0.15) is 0 Å². The van der Waals surface area contributed by atoms with Crippen molar-refractivity contribution in [1.82, 2.24) is 14.7 Å². The molecule has 1 aliphatic heterocycles. The number of imide groups is 1. The van der Waals surface area contributed by atoms with Gasteiger partial charge in [-0.15, -0.1) is 0 Å². The van der Waals surface area contributed by atoms with Gasteiger partial charge in [0.2, 0.25) is 0 Å². The van der Waals surface area contributed by atoms with Crippen LogP contribution in [0.15, 0.2) is 41.3 Å². The number of nitrogens with zero attached hydrogens (tertiary/aromatic N) is 2. The Morgan fingerprint density at radius 1 is 0.895 bits per heavy atom. The smallest absolute Gasteiger partial charge is 0.266 e. The number of carbonyl (C=O) groups is 2. The van der Waals surface area contributed by atoms with Crippen LogP contribution in [0.4, 0.5) is 0 Å². The molecule has 0 atom stereocenters. The standard InChI is InChI=1S/C13H11N3O3/c17-11-5-6-14-16(11)8-7-15-12(18)9-3-1-2-4-10(9)13(15)19/h1-6,14H,7-8H2. The predicted molar refractivity (Wildman–Crippen MR) is 66.9 cm³/mol. The summed E-state index contributed by atoms with van der Waals surface area (Å²) < 4.78 is 1.35. The summed E-state index contributed by atoms with van der Waals surface area (Å²) >= 11 is 0. The van der Waals surface area contributed by atoms with E-state index in [0.717, 1.165) is 4.90 Å². The van der Waals surface area contributed by atoms with Crippen molar-refractivity contribution in [3.63, 3.8) is 0 Å². The zero-order chi connectivity index (χ0) is 13.4. The quantitative estimate of drug-likeness (QED) is 0.812. The van der Waals surface area contributed by atoms with E-state index in [1.54, 1.807) is 24.3 Å². The average Bonchev–Trinajstić information content (AvgIpc) is 2.93. The normalized spacial score (nSPS) is 14.0. The number of carbonyl (C=O) groups excluding carboxylic acids is 2. The van der Waals surface area contributed by atoms with E-state index in [4.69, 9.17) is 0 Å². The highest BCUT2D eigenvalue weighted by Gasteiger charge is 2.34. The number of nitrogens with one attached hydrogen (secondary N) is 1. The molecular weight excluding hydrogens is 246 g/mol. The molecule has 0 aliphatic carbocycles. The number of fused-ring (bicyclic) bond motifs is 1. The van der Waals surface area contributed by atoms with Crippen LogP contribution in [-0.2, 0) is 6.54 Å². The van der Waals surface area contributed by atoms with Crippen molar-refractivity contribution in [2.75, 3.05) is 6.54 Å². The molecule has 0 unspecified atom stereocenters. The van der Waals surface area contributed by atoms with Crippen molar-refractivity contribution in [3.05, 3.63) is 58.0 Å². The van der Waals surface area contributed by atoms with Crippen molar-refractivity contribution < 1.29 is 9.59 Å². The monoisotopic (exact) mass is 257 g/mol. The third-order valence-corrected chi connectivity index (χ3v) is 3.15. The van der Waals surface area contributed by atoms with E-state index in [0.29, 0.717) is 11.1 Å². The van der Waals surface area contributed by atoms with Crippen LogP contribution >= 0.6 is 0 Å². The third kappa shape index (κ3) is 1.77. The molecule has 2 amide bonds. The van der Waals surface area contributed by atoms with Gasteiger partial charge >= 0.3 is 0 Å². The highest BCUT2D eigenvalue weighted by Crippen LogP contribution is 2.21. The summed E-state index contributed by atoms with van der Waals surface area (Å²) in [6.07, 6.45) is 1.52. The zero-order valence-corrected chi connectivity index (χ0v) is 10.00. The Kier molecular flexibility index (Phi) is 2.56. The molecule has 0 bridgehead atoms. The number of rotatable bonds is 3. The second kappa shape index (κ2) is 4.24. The van der Waals surface area contributed by atoms with Crippen LogP contribution in [0.5, 0.6) is 0 Å². The van der Waals surface area contributed by atoms with Crippen molar-refractivity contribution in [3.8, 4) is 0 Å². The topological polar surface area (TPSA) is 75.2 Å². The Bertz CT molecular complexity index is 679. The lowest BCUT2D eigenvalue weighted by Gasteiger charge is -2.13. The Labute approximate surface area is 108 Å². The summed E-state index contributed by atoms with van der Waals surface area (Å²) in [5.41, 5.74) is 0.661. The van der Waals surface area contributed by atoms with Crippen molar-refractivity contribution in [2.24, 2.45) is 0 Å². The van der Waals surface area contributed by atoms with Gasteiger partial charge in [-0.05, 0) is 12.1 Å². The molecule has 0 spiro atoms. The van der Waals surface area contributed by atoms with Gasteiger partial charge < -0.3 is 5.10 Å². The maximum absolute atomic E-state index is 12.1. The van der Waals surface area contributed by atoms with Gasteiger partial charge in [-0.3, -0.25) is 24.0 Å². The Balaban J connectivity index is 1.81. The molecule has 19 heavy (non-hydrogen) atoms. The Morgan fingerprint density at radius 2 is 1.53 bits per heavy atom. The van der Waals surface area contributed by atoms with E-state index in [1.165, 1.54) is 16.9 Å². The maximum atomic E-state index is 12.1. The average molecular weight is 257 g/mol. The van der Waals surface area contributed by atoms with Crippen molar-refractivity contribution >= 4 is 11.8 Å². The van der Waals surface area contributed by atoms with Crippen LogP contribution in [0, 0.1) is 0 Å². The first-order valence-corrected chi connectivity index (χ1v) is 5.88. The van der Waals surface area contributed by atoms with Gasteiger partial charge in [0.15, 0.2) is 0 Å². The lowest BCUT2D eigenvalue weighted by atomic mass is 10.1. The van der Waals surface area contributed by atoms with Gasteiger partial charge in [0, 0.05) is 18.8 Å². The Hall–Kier alpha value is -2.63. The van der Waals surface area contributed by atoms with E-state index >= 15 is 0 Å². The largest absolute Gasteiger partial charge is 0.303 e. The second-order valence-electron chi connectivity index (χ2n) is 4.26. The molecule has 0 radical (unpaired) electrons. The first kappa shape index (κ1) is 11.5. The molecule has 6 heteroatoms. The molecule has 6 nitrogen and oxygen atoms in total. The summed E-state index contributed by atoms with van der Waals surface area (Å²) in [4.78, 5) is 36.6. The SMILES string of the molecule is O=C1c2ccccc2C(=O)N1CCn1[nH]ccc1=O. The first-order valence-electron chi connectivity index (χ1n) is 5.88. The second-order valence-corrected chi connectivity index (χ2v) is 4.26. The first-order chi connectivity index (χ1) is 9.18. The van der Waals surface area contributed by atoms with E-state index < -0.39 is 0 Å². The summed E-state index contributed by atoms with van der Waals surface area (Å²) in [5.74, 6) is -0.611. The van der Waals surface area contributed by atoms with Gasteiger partial charge in [0.25, 0.3) is 17.4 Å². The van der Waals surface area contributed by atoms with Crippen LogP contribution < -0.4 is 5.56 Å². The molecule has 1 aliphatic rings. The molecule has 0 saturated heterocycles. The molecule has 1 aromatic heterocycles. The summed E-state index contributed by atoms with van der Waals surface area (Å²) in [7, 11) is 0. The van der Waals surface area contributed by atoms with Crippen LogP contribution in [0.3, 0.4) is 0 Å². The van der Waals surface area contributed by atoms with Crippen LogP contribution in [-0.4, -0.2) is 33.0 Å². The molecule has 1 aromatic carbocycles. The predicted octanol–water partition coefficient (Wildman–Crippen LogP) is 0.473. The summed E-state index contributed by atoms with van der Waals surface area (Å²) in [6.45, 7) is 0.435. The van der Waals surface area contributed by atoms with Gasteiger partial charge in [0.05, 0.1) is 17.7 Å². The maximum Gasteiger partial charge on any atom is 0.266 e. The number of benzene rings is 1. The van der Waals surface area contributed by atoms with Crippen LogP contribution in [0.2, 0.25) is 0 Å². The van der Waals surface area contributed by atoms with Crippen LogP contribution in [0.25, 0.3) is 0 Å². The number of aromatic amines is 1. The third-order valence-electron chi connectivity index (χ3n) is 3.15. The van der Waals surface area contributed by atoms with Crippen LogP contribution in [0.1, 0.15) is 20.7 Å². The van der Waals surface area contributed by atoms with Gasteiger partial charge in [-0.1, -0.05) is 12.1 Å². The summed E-state index contributed by atoms with van der Waals surface area (Å²) in [5, 5.41) is 2.74. The van der Waals surface area contributed by atoms with E-state index in [-0.39, 0.29) is 30.5 Å². The lowest BCUT2D eigenvalue weighted by molar-refractivity contribution is 0.0647. The minimum atomic E-state index is -0.305. The fraction of sp³-hybridized carbons (Fsp3) is 0.154. The highest BCUT2D eigenvalue weighted by molar-refractivity contribution is 6.21. The van der Waals surface area contributed by atoms with Crippen molar-refractivity contribution in [2.45, 2.75) is 6.54 Å². The molecule has 2 aromatic rings.